The average Bonchev–Trinajstić information content (AvgIpc) is 3.07. The maximum atomic E-state index is 13.5. The molecular weight excluding hydrogens is 335 g/mol. The van der Waals surface area contributed by atoms with E-state index in [2.05, 4.69) is 0 Å². The number of piperidine rings is 1. The molecule has 2 atom stereocenters. The topological polar surface area (TPSA) is 72.6 Å². The van der Waals surface area contributed by atoms with Crippen LogP contribution >= 0.6 is 11.6 Å². The van der Waals surface area contributed by atoms with Crippen LogP contribution in [0.25, 0.3) is 0 Å². The van der Waals surface area contributed by atoms with E-state index < -0.39 is 5.82 Å². The van der Waals surface area contributed by atoms with Crippen molar-refractivity contribution in [1.29, 1.82) is 0 Å². The van der Waals surface area contributed by atoms with E-state index in [1.54, 1.807) is 4.90 Å². The first-order valence-electron chi connectivity index (χ1n) is 8.12. The predicted octanol–water partition coefficient (Wildman–Crippen LogP) is 2.22. The lowest BCUT2D eigenvalue weighted by molar-refractivity contribution is -0.124. The van der Waals surface area contributed by atoms with Gasteiger partial charge in [-0.1, -0.05) is 11.6 Å². The summed E-state index contributed by atoms with van der Waals surface area (Å²) in [5, 5.41) is 0.00105. The third-order valence-corrected chi connectivity index (χ3v) is 5.27. The number of likely N-dealkylation sites (tertiary alicyclic amines) is 1. The fraction of sp³-hybridized carbons (Fsp3) is 0.529. The van der Waals surface area contributed by atoms with Crippen LogP contribution < -0.4 is 5.73 Å². The van der Waals surface area contributed by atoms with Crippen LogP contribution in [-0.4, -0.2) is 42.5 Å². The zero-order chi connectivity index (χ0) is 17.3. The highest BCUT2D eigenvalue weighted by Gasteiger charge is 2.39. The third-order valence-electron chi connectivity index (χ3n) is 4.96. The molecule has 2 amide bonds. The minimum Gasteiger partial charge on any atom is -0.377 e. The van der Waals surface area contributed by atoms with Crippen LogP contribution in [0.15, 0.2) is 18.2 Å². The number of hydrogen-bond acceptors (Lipinski definition) is 3. The highest BCUT2D eigenvalue weighted by atomic mass is 35.5. The molecule has 1 aromatic rings. The molecule has 1 aromatic carbocycles. The van der Waals surface area contributed by atoms with Crippen LogP contribution in [0.5, 0.6) is 0 Å². The summed E-state index contributed by atoms with van der Waals surface area (Å²) < 4.78 is 19.2. The van der Waals surface area contributed by atoms with Gasteiger partial charge < -0.3 is 15.4 Å². The van der Waals surface area contributed by atoms with E-state index in [1.165, 1.54) is 18.2 Å². The fourth-order valence-corrected chi connectivity index (χ4v) is 3.74. The Kier molecular flexibility index (Phi) is 5.06. The molecule has 2 heterocycles. The molecule has 2 saturated heterocycles. The first-order valence-corrected chi connectivity index (χ1v) is 8.50. The first-order chi connectivity index (χ1) is 11.5. The third kappa shape index (κ3) is 3.39. The van der Waals surface area contributed by atoms with Gasteiger partial charge in [-0.25, -0.2) is 4.39 Å². The number of primary amides is 1. The second-order valence-corrected chi connectivity index (χ2v) is 6.80. The van der Waals surface area contributed by atoms with E-state index in [9.17, 15) is 14.0 Å². The Morgan fingerprint density at radius 2 is 1.96 bits per heavy atom. The van der Waals surface area contributed by atoms with Crippen molar-refractivity contribution in [3.05, 3.63) is 34.6 Å². The second-order valence-electron chi connectivity index (χ2n) is 6.39. The van der Waals surface area contributed by atoms with Gasteiger partial charge in [0.1, 0.15) is 5.82 Å². The summed E-state index contributed by atoms with van der Waals surface area (Å²) in [6.07, 6.45) is 2.02. The number of rotatable bonds is 3. The molecule has 2 aliphatic rings. The molecule has 2 fully saturated rings. The summed E-state index contributed by atoms with van der Waals surface area (Å²) in [7, 11) is 0. The van der Waals surface area contributed by atoms with E-state index in [-0.39, 0.29) is 34.8 Å². The zero-order valence-electron chi connectivity index (χ0n) is 13.2. The van der Waals surface area contributed by atoms with Gasteiger partial charge in [-0.2, -0.15) is 0 Å². The minimum atomic E-state index is -0.596. The molecule has 0 aromatic heterocycles. The standard InChI is InChI=1S/C17H20ClFN2O3/c18-13-2-1-11(9-14(13)19)17(23)21-6-3-10(4-7-21)15-12(16(20)22)5-8-24-15/h1-2,9-10,12,15H,3-8H2,(H2,20,22)/t12-,15+/m0/s1. The summed E-state index contributed by atoms with van der Waals surface area (Å²) in [5.41, 5.74) is 5.74. The lowest BCUT2D eigenvalue weighted by Crippen LogP contribution is -2.44. The molecule has 0 spiro atoms. The predicted molar refractivity (Wildman–Crippen MR) is 87.1 cm³/mol. The monoisotopic (exact) mass is 354 g/mol. The van der Waals surface area contributed by atoms with Crippen molar-refractivity contribution in [2.45, 2.75) is 25.4 Å². The Morgan fingerprint density at radius 1 is 1.25 bits per heavy atom. The highest BCUT2D eigenvalue weighted by Crippen LogP contribution is 2.33. The van der Waals surface area contributed by atoms with Gasteiger partial charge in [0.25, 0.3) is 5.91 Å². The lowest BCUT2D eigenvalue weighted by Gasteiger charge is -2.35. The van der Waals surface area contributed by atoms with Crippen LogP contribution in [0, 0.1) is 17.7 Å². The SMILES string of the molecule is NC(=O)[C@H]1CCO[C@@H]1C1CCN(C(=O)c2ccc(Cl)c(F)c2)CC1. The van der Waals surface area contributed by atoms with Gasteiger partial charge in [-0.3, -0.25) is 9.59 Å². The Morgan fingerprint density at radius 3 is 2.58 bits per heavy atom. The summed E-state index contributed by atoms with van der Waals surface area (Å²) in [4.78, 5) is 25.7. The van der Waals surface area contributed by atoms with Gasteiger partial charge in [0.2, 0.25) is 5.91 Å². The molecule has 130 valence electrons. The van der Waals surface area contributed by atoms with E-state index in [4.69, 9.17) is 22.1 Å². The quantitative estimate of drug-likeness (QED) is 0.904. The van der Waals surface area contributed by atoms with E-state index in [0.29, 0.717) is 31.7 Å². The zero-order valence-corrected chi connectivity index (χ0v) is 14.0. The van der Waals surface area contributed by atoms with Crippen molar-refractivity contribution in [2.75, 3.05) is 19.7 Å². The van der Waals surface area contributed by atoms with Crippen LogP contribution in [-0.2, 0) is 9.53 Å². The van der Waals surface area contributed by atoms with E-state index in [0.717, 1.165) is 12.8 Å². The molecular formula is C17H20ClFN2O3. The number of hydrogen-bond donors (Lipinski definition) is 1. The molecule has 2 aliphatic heterocycles. The van der Waals surface area contributed by atoms with Gasteiger partial charge in [0, 0.05) is 25.3 Å². The molecule has 5 nitrogen and oxygen atoms in total. The number of amides is 2. The average molecular weight is 355 g/mol. The Hall–Kier alpha value is -1.66. The molecule has 0 aliphatic carbocycles. The number of benzene rings is 1. The van der Waals surface area contributed by atoms with Crippen molar-refractivity contribution >= 4 is 23.4 Å². The van der Waals surface area contributed by atoms with Crippen molar-refractivity contribution < 1.29 is 18.7 Å². The number of carbonyl (C=O) groups is 2. The normalized spacial score (nSPS) is 25.0. The number of nitrogens with zero attached hydrogens (tertiary/aromatic N) is 1. The highest BCUT2D eigenvalue weighted by molar-refractivity contribution is 6.30. The van der Waals surface area contributed by atoms with Crippen molar-refractivity contribution in [3.63, 3.8) is 0 Å². The largest absolute Gasteiger partial charge is 0.377 e. The Balaban J connectivity index is 1.61. The molecule has 2 N–H and O–H groups in total. The number of nitrogens with two attached hydrogens (primary N) is 1. The molecule has 0 bridgehead atoms. The number of halogens is 2. The Bertz CT molecular complexity index is 647. The smallest absolute Gasteiger partial charge is 0.253 e. The lowest BCUT2D eigenvalue weighted by atomic mass is 9.84. The van der Waals surface area contributed by atoms with Crippen LogP contribution in [0.3, 0.4) is 0 Å². The number of carbonyl (C=O) groups excluding carboxylic acids is 2. The van der Waals surface area contributed by atoms with Gasteiger partial charge >= 0.3 is 0 Å². The van der Waals surface area contributed by atoms with Gasteiger partial charge in [0.05, 0.1) is 17.0 Å². The van der Waals surface area contributed by atoms with E-state index in [1.807, 2.05) is 0 Å². The molecule has 3 rings (SSSR count). The number of ether oxygens (including phenoxy) is 1. The van der Waals surface area contributed by atoms with Crippen LogP contribution in [0.1, 0.15) is 29.6 Å². The maximum Gasteiger partial charge on any atom is 0.253 e. The molecule has 0 radical (unpaired) electrons. The van der Waals surface area contributed by atoms with E-state index >= 15 is 0 Å². The second kappa shape index (κ2) is 7.07. The van der Waals surface area contributed by atoms with Crippen LogP contribution in [0.4, 0.5) is 4.39 Å². The summed E-state index contributed by atoms with van der Waals surface area (Å²) in [6.45, 7) is 1.67. The van der Waals surface area contributed by atoms with Crippen molar-refractivity contribution in [2.24, 2.45) is 17.6 Å². The minimum absolute atomic E-state index is 0.00105. The summed E-state index contributed by atoms with van der Waals surface area (Å²) >= 11 is 5.65. The van der Waals surface area contributed by atoms with Gasteiger partial charge in [0.15, 0.2) is 0 Å². The molecule has 0 saturated carbocycles. The van der Waals surface area contributed by atoms with Crippen molar-refractivity contribution in [3.8, 4) is 0 Å². The molecule has 7 heteroatoms. The molecule has 24 heavy (non-hydrogen) atoms. The van der Waals surface area contributed by atoms with Gasteiger partial charge in [-0.05, 0) is 43.4 Å². The fourth-order valence-electron chi connectivity index (χ4n) is 3.62. The van der Waals surface area contributed by atoms with Gasteiger partial charge in [-0.15, -0.1) is 0 Å². The van der Waals surface area contributed by atoms with Crippen LogP contribution in [0.2, 0.25) is 5.02 Å². The molecule has 0 unspecified atom stereocenters. The first kappa shape index (κ1) is 17.2. The Labute approximate surface area is 144 Å². The van der Waals surface area contributed by atoms with Crippen molar-refractivity contribution in [1.82, 2.24) is 4.90 Å². The summed E-state index contributed by atoms with van der Waals surface area (Å²) in [6, 6.07) is 4.09. The summed E-state index contributed by atoms with van der Waals surface area (Å²) in [5.74, 6) is -1.13. The maximum absolute atomic E-state index is 13.5.